The van der Waals surface area contributed by atoms with Crippen molar-refractivity contribution in [3.8, 4) is 0 Å². The van der Waals surface area contributed by atoms with Crippen LogP contribution >= 0.6 is 0 Å². The molecule has 0 spiro atoms. The normalized spacial score (nSPS) is 13.6. The van der Waals surface area contributed by atoms with Crippen LogP contribution < -0.4 is 5.32 Å². The highest BCUT2D eigenvalue weighted by Gasteiger charge is 2.23. The lowest BCUT2D eigenvalue weighted by atomic mass is 9.96. The standard InChI is InChI=1S/C14H25NO5/c1-3-10(6-5-7-11(17)4-2)13(18)15-12(8-9-16)14(19)20/h10,12,16H,3-9H2,1-2H3,(H,15,18)(H,19,20)/t10?,12-/m0/s1. The van der Waals surface area contributed by atoms with Gasteiger partial charge in [0.1, 0.15) is 11.8 Å². The molecule has 0 bridgehead atoms. The molecule has 6 nitrogen and oxygen atoms in total. The fourth-order valence-corrected chi connectivity index (χ4v) is 1.92. The quantitative estimate of drug-likeness (QED) is 0.528. The lowest BCUT2D eigenvalue weighted by Gasteiger charge is -2.18. The number of carboxylic acid groups (broad SMARTS) is 1. The van der Waals surface area contributed by atoms with Crippen molar-refractivity contribution in [3.63, 3.8) is 0 Å². The van der Waals surface area contributed by atoms with Crippen LogP contribution in [0.1, 0.15) is 52.4 Å². The van der Waals surface area contributed by atoms with E-state index in [0.29, 0.717) is 32.1 Å². The number of aliphatic hydroxyl groups is 1. The number of nitrogens with one attached hydrogen (secondary N) is 1. The van der Waals surface area contributed by atoms with Crippen LogP contribution in [0.15, 0.2) is 0 Å². The van der Waals surface area contributed by atoms with Crippen LogP contribution in [0, 0.1) is 5.92 Å². The Bertz CT molecular complexity index is 330. The average molecular weight is 287 g/mol. The molecule has 0 saturated heterocycles. The maximum Gasteiger partial charge on any atom is 0.326 e. The summed E-state index contributed by atoms with van der Waals surface area (Å²) in [6.45, 7) is 3.37. The summed E-state index contributed by atoms with van der Waals surface area (Å²) in [5.41, 5.74) is 0. The minimum absolute atomic E-state index is 0.00811. The molecular formula is C14H25NO5. The highest BCUT2D eigenvalue weighted by Crippen LogP contribution is 2.14. The van der Waals surface area contributed by atoms with Crippen LogP contribution in [0.2, 0.25) is 0 Å². The predicted molar refractivity (Wildman–Crippen MR) is 74.2 cm³/mol. The molecule has 1 unspecified atom stereocenters. The van der Waals surface area contributed by atoms with Crippen LogP contribution in [-0.2, 0) is 14.4 Å². The van der Waals surface area contributed by atoms with Crippen molar-refractivity contribution >= 4 is 17.7 Å². The number of Topliss-reactive ketones (excluding diaryl/α,β-unsaturated/α-hetero) is 1. The van der Waals surface area contributed by atoms with Crippen molar-refractivity contribution in [3.05, 3.63) is 0 Å². The number of ketones is 1. The van der Waals surface area contributed by atoms with E-state index in [1.807, 2.05) is 6.92 Å². The van der Waals surface area contributed by atoms with Crippen molar-refractivity contribution in [2.24, 2.45) is 5.92 Å². The summed E-state index contributed by atoms with van der Waals surface area (Å²) >= 11 is 0. The lowest BCUT2D eigenvalue weighted by molar-refractivity contribution is -0.143. The summed E-state index contributed by atoms with van der Waals surface area (Å²) in [6.07, 6.45) is 2.75. The largest absolute Gasteiger partial charge is 0.480 e. The fraction of sp³-hybridized carbons (Fsp3) is 0.786. The molecule has 2 atom stereocenters. The molecule has 0 radical (unpaired) electrons. The van der Waals surface area contributed by atoms with Gasteiger partial charge >= 0.3 is 5.97 Å². The second-order valence-corrected chi connectivity index (χ2v) is 4.80. The zero-order valence-electron chi connectivity index (χ0n) is 12.2. The summed E-state index contributed by atoms with van der Waals surface area (Å²) in [6, 6.07) is -1.06. The molecule has 0 fully saturated rings. The Kier molecular flexibility index (Phi) is 9.63. The van der Waals surface area contributed by atoms with Crippen LogP contribution in [0.4, 0.5) is 0 Å². The molecule has 0 aliphatic rings. The van der Waals surface area contributed by atoms with Gasteiger partial charge in [0, 0.05) is 31.8 Å². The van der Waals surface area contributed by atoms with E-state index in [1.54, 1.807) is 6.92 Å². The Morgan fingerprint density at radius 2 is 1.80 bits per heavy atom. The summed E-state index contributed by atoms with van der Waals surface area (Å²) in [4.78, 5) is 34.1. The summed E-state index contributed by atoms with van der Waals surface area (Å²) in [5, 5.41) is 20.1. The van der Waals surface area contributed by atoms with Crippen molar-refractivity contribution in [2.75, 3.05) is 6.61 Å². The van der Waals surface area contributed by atoms with Crippen molar-refractivity contribution < 1.29 is 24.6 Å². The van der Waals surface area contributed by atoms with E-state index in [9.17, 15) is 14.4 Å². The average Bonchev–Trinajstić information content (AvgIpc) is 2.42. The maximum atomic E-state index is 12.0. The third-order valence-electron chi connectivity index (χ3n) is 3.30. The molecule has 0 rings (SSSR count). The first-order valence-corrected chi connectivity index (χ1v) is 7.11. The van der Waals surface area contributed by atoms with Gasteiger partial charge < -0.3 is 15.5 Å². The Morgan fingerprint density at radius 3 is 2.25 bits per heavy atom. The Morgan fingerprint density at radius 1 is 1.15 bits per heavy atom. The molecule has 0 aromatic rings. The van der Waals surface area contributed by atoms with Crippen molar-refractivity contribution in [2.45, 2.75) is 58.4 Å². The van der Waals surface area contributed by atoms with Crippen LogP contribution in [0.5, 0.6) is 0 Å². The molecule has 0 aromatic heterocycles. The van der Waals surface area contributed by atoms with Gasteiger partial charge in [-0.3, -0.25) is 9.59 Å². The molecule has 1 amide bonds. The lowest BCUT2D eigenvalue weighted by Crippen LogP contribution is -2.44. The van der Waals surface area contributed by atoms with Gasteiger partial charge in [0.15, 0.2) is 0 Å². The van der Waals surface area contributed by atoms with Gasteiger partial charge in [0.05, 0.1) is 0 Å². The molecule has 20 heavy (non-hydrogen) atoms. The number of hydrogen-bond acceptors (Lipinski definition) is 4. The smallest absolute Gasteiger partial charge is 0.326 e. The topological polar surface area (TPSA) is 104 Å². The van der Waals surface area contributed by atoms with E-state index in [-0.39, 0.29) is 30.6 Å². The number of carbonyl (C=O) groups is 3. The molecule has 0 aliphatic heterocycles. The first-order chi connectivity index (χ1) is 9.46. The summed E-state index contributed by atoms with van der Waals surface area (Å²) in [7, 11) is 0. The van der Waals surface area contributed by atoms with Gasteiger partial charge in [-0.1, -0.05) is 13.8 Å². The number of carboxylic acids is 1. The molecule has 6 heteroatoms. The molecule has 3 N–H and O–H groups in total. The monoisotopic (exact) mass is 287 g/mol. The summed E-state index contributed by atoms with van der Waals surface area (Å²) in [5.74, 6) is -1.59. The second kappa shape index (κ2) is 10.4. The van der Waals surface area contributed by atoms with Gasteiger partial charge in [0.25, 0.3) is 0 Å². The summed E-state index contributed by atoms with van der Waals surface area (Å²) < 4.78 is 0. The maximum absolute atomic E-state index is 12.0. The number of hydrogen-bond donors (Lipinski definition) is 3. The molecule has 0 aromatic carbocycles. The van der Waals surface area contributed by atoms with Gasteiger partial charge in [0.2, 0.25) is 5.91 Å². The molecule has 116 valence electrons. The molecule has 0 heterocycles. The van der Waals surface area contributed by atoms with Crippen LogP contribution in [0.3, 0.4) is 0 Å². The minimum Gasteiger partial charge on any atom is -0.480 e. The van der Waals surface area contributed by atoms with E-state index in [0.717, 1.165) is 0 Å². The first-order valence-electron chi connectivity index (χ1n) is 7.11. The SMILES string of the molecule is CCC(=O)CCCC(CC)C(=O)N[C@@H](CCO)C(=O)O. The van der Waals surface area contributed by atoms with E-state index in [4.69, 9.17) is 10.2 Å². The molecular weight excluding hydrogens is 262 g/mol. The number of aliphatic hydroxyl groups excluding tert-OH is 1. The van der Waals surface area contributed by atoms with E-state index in [2.05, 4.69) is 5.32 Å². The van der Waals surface area contributed by atoms with Crippen molar-refractivity contribution in [1.29, 1.82) is 0 Å². The minimum atomic E-state index is -1.15. The molecule has 0 aliphatic carbocycles. The van der Waals surface area contributed by atoms with E-state index < -0.39 is 12.0 Å². The van der Waals surface area contributed by atoms with Crippen molar-refractivity contribution in [1.82, 2.24) is 5.32 Å². The third kappa shape index (κ3) is 7.23. The zero-order valence-corrected chi connectivity index (χ0v) is 12.2. The Hall–Kier alpha value is -1.43. The van der Waals surface area contributed by atoms with Gasteiger partial charge in [-0.05, 0) is 19.3 Å². The van der Waals surface area contributed by atoms with Crippen LogP contribution in [-0.4, -0.2) is 40.5 Å². The fourth-order valence-electron chi connectivity index (χ4n) is 1.92. The van der Waals surface area contributed by atoms with E-state index >= 15 is 0 Å². The van der Waals surface area contributed by atoms with Gasteiger partial charge in [-0.25, -0.2) is 4.79 Å². The predicted octanol–water partition coefficient (Wildman–Crippen LogP) is 1.11. The third-order valence-corrected chi connectivity index (χ3v) is 3.30. The Balaban J connectivity index is 4.31. The number of rotatable bonds is 11. The zero-order chi connectivity index (χ0) is 15.5. The number of carbonyl (C=O) groups excluding carboxylic acids is 2. The van der Waals surface area contributed by atoms with Gasteiger partial charge in [-0.15, -0.1) is 0 Å². The first kappa shape index (κ1) is 18.6. The Labute approximate surface area is 119 Å². The number of aliphatic carboxylic acids is 1. The highest BCUT2D eigenvalue weighted by molar-refractivity contribution is 5.85. The highest BCUT2D eigenvalue weighted by atomic mass is 16.4. The molecule has 0 saturated carbocycles. The number of amides is 1. The van der Waals surface area contributed by atoms with Gasteiger partial charge in [-0.2, -0.15) is 0 Å². The van der Waals surface area contributed by atoms with Crippen LogP contribution in [0.25, 0.3) is 0 Å². The van der Waals surface area contributed by atoms with E-state index in [1.165, 1.54) is 0 Å². The second-order valence-electron chi connectivity index (χ2n) is 4.80.